The van der Waals surface area contributed by atoms with Crippen molar-refractivity contribution < 1.29 is 14.3 Å². The van der Waals surface area contributed by atoms with Crippen LogP contribution < -0.4 is 9.64 Å². The van der Waals surface area contributed by atoms with Gasteiger partial charge in [-0.2, -0.15) is 0 Å². The van der Waals surface area contributed by atoms with Gasteiger partial charge in [0.2, 0.25) is 0 Å². The number of carbonyl (C=O) groups is 1. The van der Waals surface area contributed by atoms with E-state index in [1.807, 2.05) is 36.2 Å². The van der Waals surface area contributed by atoms with Crippen LogP contribution >= 0.6 is 0 Å². The molecular weight excluding hydrogens is 230 g/mol. The molecule has 0 aliphatic rings. The first-order valence-electron chi connectivity index (χ1n) is 5.78. The minimum atomic E-state index is -0.354. The van der Waals surface area contributed by atoms with E-state index in [2.05, 4.69) is 6.58 Å². The number of anilines is 1. The zero-order valence-electron chi connectivity index (χ0n) is 11.1. The molecule has 0 aromatic heterocycles. The fourth-order valence-corrected chi connectivity index (χ4v) is 1.52. The van der Waals surface area contributed by atoms with Crippen molar-refractivity contribution >= 4 is 11.7 Å². The molecule has 0 heterocycles. The number of likely N-dealkylation sites (N-methyl/N-ethyl adjacent to an activating group) is 1. The van der Waals surface area contributed by atoms with Crippen molar-refractivity contribution in [1.82, 2.24) is 0 Å². The quantitative estimate of drug-likeness (QED) is 0.572. The summed E-state index contributed by atoms with van der Waals surface area (Å²) in [5.74, 6) is 0.424. The van der Waals surface area contributed by atoms with E-state index in [9.17, 15) is 4.79 Å². The Morgan fingerprint density at radius 1 is 1.44 bits per heavy atom. The summed E-state index contributed by atoms with van der Waals surface area (Å²) in [5.41, 5.74) is 1.39. The standard InChI is InChI=1S/C14H19NO3/c1-5-18-14(16)11(2)10-15(3)12-7-6-8-13(9-12)17-4/h6-9H,2,5,10H2,1,3-4H3. The molecule has 1 aromatic carbocycles. The predicted molar refractivity (Wildman–Crippen MR) is 72.0 cm³/mol. The normalized spacial score (nSPS) is 9.72. The van der Waals surface area contributed by atoms with Gasteiger partial charge in [-0.1, -0.05) is 12.6 Å². The van der Waals surface area contributed by atoms with Crippen LogP contribution in [0, 0.1) is 0 Å². The molecule has 1 rings (SSSR count). The lowest BCUT2D eigenvalue weighted by molar-refractivity contribution is -0.138. The van der Waals surface area contributed by atoms with E-state index in [4.69, 9.17) is 9.47 Å². The van der Waals surface area contributed by atoms with Crippen LogP contribution in [0.15, 0.2) is 36.4 Å². The largest absolute Gasteiger partial charge is 0.497 e. The van der Waals surface area contributed by atoms with Crippen LogP contribution in [0.5, 0.6) is 5.75 Å². The van der Waals surface area contributed by atoms with Gasteiger partial charge in [0.05, 0.1) is 13.7 Å². The second-order valence-corrected chi connectivity index (χ2v) is 3.88. The van der Waals surface area contributed by atoms with Gasteiger partial charge in [-0.3, -0.25) is 0 Å². The van der Waals surface area contributed by atoms with Crippen molar-refractivity contribution in [2.75, 3.05) is 32.2 Å². The third-order valence-corrected chi connectivity index (χ3v) is 2.49. The van der Waals surface area contributed by atoms with E-state index in [0.29, 0.717) is 18.7 Å². The van der Waals surface area contributed by atoms with Gasteiger partial charge in [0, 0.05) is 30.9 Å². The summed E-state index contributed by atoms with van der Waals surface area (Å²) in [5, 5.41) is 0. The number of benzene rings is 1. The molecule has 0 saturated carbocycles. The molecule has 0 saturated heterocycles. The van der Waals surface area contributed by atoms with Crippen LogP contribution in [0.3, 0.4) is 0 Å². The highest BCUT2D eigenvalue weighted by molar-refractivity contribution is 5.88. The molecule has 0 bridgehead atoms. The highest BCUT2D eigenvalue weighted by Crippen LogP contribution is 2.20. The number of nitrogens with zero attached hydrogens (tertiary/aromatic N) is 1. The third-order valence-electron chi connectivity index (χ3n) is 2.49. The number of carbonyl (C=O) groups excluding carboxylic acids is 1. The van der Waals surface area contributed by atoms with Gasteiger partial charge >= 0.3 is 5.97 Å². The van der Waals surface area contributed by atoms with Crippen molar-refractivity contribution in [3.05, 3.63) is 36.4 Å². The molecule has 0 spiro atoms. The molecule has 98 valence electrons. The SMILES string of the molecule is C=C(CN(C)c1cccc(OC)c1)C(=O)OCC. The summed E-state index contributed by atoms with van der Waals surface area (Å²) in [6.45, 7) is 6.29. The molecule has 0 atom stereocenters. The smallest absolute Gasteiger partial charge is 0.335 e. The average Bonchev–Trinajstić information content (AvgIpc) is 2.39. The van der Waals surface area contributed by atoms with E-state index < -0.39 is 0 Å². The van der Waals surface area contributed by atoms with E-state index >= 15 is 0 Å². The highest BCUT2D eigenvalue weighted by atomic mass is 16.5. The van der Waals surface area contributed by atoms with Crippen LogP contribution in [0.25, 0.3) is 0 Å². The topological polar surface area (TPSA) is 38.8 Å². The van der Waals surface area contributed by atoms with Gasteiger partial charge in [0.1, 0.15) is 5.75 Å². The molecule has 0 unspecified atom stereocenters. The summed E-state index contributed by atoms with van der Waals surface area (Å²) in [6, 6.07) is 7.62. The van der Waals surface area contributed by atoms with E-state index in [1.165, 1.54) is 0 Å². The molecule has 0 aliphatic carbocycles. The van der Waals surface area contributed by atoms with Crippen LogP contribution in [0.2, 0.25) is 0 Å². The number of rotatable bonds is 6. The van der Waals surface area contributed by atoms with Gasteiger partial charge in [-0.05, 0) is 19.1 Å². The summed E-state index contributed by atoms with van der Waals surface area (Å²) >= 11 is 0. The molecule has 4 heteroatoms. The maximum atomic E-state index is 11.5. The van der Waals surface area contributed by atoms with Gasteiger partial charge in [-0.25, -0.2) is 4.79 Å². The van der Waals surface area contributed by atoms with Gasteiger partial charge in [0.25, 0.3) is 0 Å². The van der Waals surface area contributed by atoms with Crippen molar-refractivity contribution in [1.29, 1.82) is 0 Å². The van der Waals surface area contributed by atoms with Crippen LogP contribution in [0.1, 0.15) is 6.92 Å². The first kappa shape index (κ1) is 14.1. The molecule has 0 N–H and O–H groups in total. The Balaban J connectivity index is 2.67. The molecule has 0 fully saturated rings. The predicted octanol–water partition coefficient (Wildman–Crippen LogP) is 2.25. The van der Waals surface area contributed by atoms with Gasteiger partial charge < -0.3 is 14.4 Å². The summed E-state index contributed by atoms with van der Waals surface area (Å²) < 4.78 is 10.1. The van der Waals surface area contributed by atoms with Crippen molar-refractivity contribution in [2.24, 2.45) is 0 Å². The summed E-state index contributed by atoms with van der Waals surface area (Å²) in [7, 11) is 3.51. The molecule has 1 aromatic rings. The molecule has 18 heavy (non-hydrogen) atoms. The highest BCUT2D eigenvalue weighted by Gasteiger charge is 2.11. The minimum absolute atomic E-state index is 0.354. The maximum absolute atomic E-state index is 11.5. The van der Waals surface area contributed by atoms with Crippen LogP contribution in [-0.4, -0.2) is 33.3 Å². The Hall–Kier alpha value is -1.97. The van der Waals surface area contributed by atoms with Crippen molar-refractivity contribution in [3.63, 3.8) is 0 Å². The lowest BCUT2D eigenvalue weighted by Gasteiger charge is -2.20. The Bertz CT molecular complexity index is 429. The second-order valence-electron chi connectivity index (χ2n) is 3.88. The monoisotopic (exact) mass is 249 g/mol. The first-order valence-corrected chi connectivity index (χ1v) is 5.78. The summed E-state index contributed by atoms with van der Waals surface area (Å²) in [6.07, 6.45) is 0. The lowest BCUT2D eigenvalue weighted by Crippen LogP contribution is -2.24. The summed E-state index contributed by atoms with van der Waals surface area (Å²) in [4.78, 5) is 13.4. The van der Waals surface area contributed by atoms with Gasteiger partial charge in [0.15, 0.2) is 0 Å². The number of hydrogen-bond donors (Lipinski definition) is 0. The Labute approximate surface area is 108 Å². The Morgan fingerprint density at radius 2 is 2.17 bits per heavy atom. The average molecular weight is 249 g/mol. The van der Waals surface area contributed by atoms with E-state index in [-0.39, 0.29) is 5.97 Å². The number of ether oxygens (including phenoxy) is 2. The Morgan fingerprint density at radius 3 is 2.78 bits per heavy atom. The molecule has 4 nitrogen and oxygen atoms in total. The zero-order chi connectivity index (χ0) is 13.5. The second kappa shape index (κ2) is 6.69. The molecular formula is C14H19NO3. The fourth-order valence-electron chi connectivity index (χ4n) is 1.52. The molecule has 0 radical (unpaired) electrons. The third kappa shape index (κ3) is 3.80. The number of esters is 1. The maximum Gasteiger partial charge on any atom is 0.335 e. The lowest BCUT2D eigenvalue weighted by atomic mass is 10.2. The fraction of sp³-hybridized carbons (Fsp3) is 0.357. The van der Waals surface area contributed by atoms with E-state index in [0.717, 1.165) is 11.4 Å². The van der Waals surface area contributed by atoms with Crippen LogP contribution in [0.4, 0.5) is 5.69 Å². The number of methoxy groups -OCH3 is 1. The van der Waals surface area contributed by atoms with Crippen LogP contribution in [-0.2, 0) is 9.53 Å². The van der Waals surface area contributed by atoms with Gasteiger partial charge in [-0.15, -0.1) is 0 Å². The van der Waals surface area contributed by atoms with Crippen molar-refractivity contribution in [2.45, 2.75) is 6.92 Å². The molecule has 0 aliphatic heterocycles. The first-order chi connectivity index (χ1) is 8.58. The van der Waals surface area contributed by atoms with Crippen molar-refractivity contribution in [3.8, 4) is 5.75 Å². The molecule has 0 amide bonds. The van der Waals surface area contributed by atoms with E-state index in [1.54, 1.807) is 14.0 Å². The zero-order valence-corrected chi connectivity index (χ0v) is 11.1. The minimum Gasteiger partial charge on any atom is -0.497 e. The number of hydrogen-bond acceptors (Lipinski definition) is 4. The Kier molecular flexibility index (Phi) is 5.24.